The molecule has 7 heteroatoms. The van der Waals surface area contributed by atoms with Crippen molar-refractivity contribution in [3.63, 3.8) is 0 Å². The lowest BCUT2D eigenvalue weighted by molar-refractivity contribution is 0.0690. The van der Waals surface area contributed by atoms with E-state index >= 15 is 0 Å². The zero-order valence-corrected chi connectivity index (χ0v) is 12.4. The fraction of sp³-hybridized carbons (Fsp3) is 0.462. The third kappa shape index (κ3) is 3.88. The summed E-state index contributed by atoms with van der Waals surface area (Å²) in [4.78, 5) is 14.3. The molecule has 0 radical (unpaired) electrons. The second-order valence-electron chi connectivity index (χ2n) is 4.79. The number of hydrogen-bond acceptors (Lipinski definition) is 5. The SMILES string of the molecule is CC(Cc1cccs1)N(C)CCn1cc(C(=O)O)nn1. The third-order valence-corrected chi connectivity index (χ3v) is 4.17. The fourth-order valence-electron chi connectivity index (χ4n) is 1.86. The highest BCUT2D eigenvalue weighted by atomic mass is 32.1. The van der Waals surface area contributed by atoms with Gasteiger partial charge in [-0.2, -0.15) is 0 Å². The highest BCUT2D eigenvalue weighted by Crippen LogP contribution is 2.13. The molecule has 1 unspecified atom stereocenters. The van der Waals surface area contributed by atoms with Crippen molar-refractivity contribution in [2.45, 2.75) is 25.9 Å². The van der Waals surface area contributed by atoms with E-state index in [-0.39, 0.29) is 5.69 Å². The number of carboxylic acids is 1. The Hall–Kier alpha value is -1.73. The minimum atomic E-state index is -1.05. The van der Waals surface area contributed by atoms with Crippen LogP contribution in [-0.4, -0.2) is 50.6 Å². The quantitative estimate of drug-likeness (QED) is 0.840. The molecule has 20 heavy (non-hydrogen) atoms. The van der Waals surface area contributed by atoms with Gasteiger partial charge in [-0.25, -0.2) is 4.79 Å². The second kappa shape index (κ2) is 6.62. The lowest BCUT2D eigenvalue weighted by Gasteiger charge is -2.24. The van der Waals surface area contributed by atoms with Gasteiger partial charge in [-0.3, -0.25) is 4.68 Å². The van der Waals surface area contributed by atoms with Crippen molar-refractivity contribution in [3.8, 4) is 0 Å². The number of aromatic nitrogens is 3. The summed E-state index contributed by atoms with van der Waals surface area (Å²) in [5, 5.41) is 18.3. The first-order valence-electron chi connectivity index (χ1n) is 6.42. The molecule has 0 saturated heterocycles. The molecule has 0 aliphatic carbocycles. The first-order valence-corrected chi connectivity index (χ1v) is 7.30. The van der Waals surface area contributed by atoms with Gasteiger partial charge >= 0.3 is 5.97 Å². The maximum atomic E-state index is 10.7. The van der Waals surface area contributed by atoms with Gasteiger partial charge in [0.25, 0.3) is 0 Å². The van der Waals surface area contributed by atoms with Gasteiger partial charge in [-0.15, -0.1) is 16.4 Å². The number of carbonyl (C=O) groups is 1. The Morgan fingerprint density at radius 2 is 2.40 bits per heavy atom. The molecular weight excluding hydrogens is 276 g/mol. The number of thiophene rings is 1. The first-order chi connectivity index (χ1) is 9.56. The Bertz CT molecular complexity index is 552. The highest BCUT2D eigenvalue weighted by molar-refractivity contribution is 7.09. The lowest BCUT2D eigenvalue weighted by atomic mass is 10.2. The molecular formula is C13H18N4O2S. The molecule has 0 spiro atoms. The second-order valence-corrected chi connectivity index (χ2v) is 5.82. The van der Waals surface area contributed by atoms with Crippen LogP contribution >= 0.6 is 11.3 Å². The topological polar surface area (TPSA) is 71.2 Å². The number of hydrogen-bond donors (Lipinski definition) is 1. The summed E-state index contributed by atoms with van der Waals surface area (Å²) in [6, 6.07) is 4.64. The molecule has 0 bridgehead atoms. The molecule has 2 aromatic rings. The van der Waals surface area contributed by atoms with Gasteiger partial charge in [0.15, 0.2) is 5.69 Å². The summed E-state index contributed by atoms with van der Waals surface area (Å²) in [7, 11) is 2.06. The van der Waals surface area contributed by atoms with E-state index in [0.717, 1.165) is 13.0 Å². The van der Waals surface area contributed by atoms with Crippen LogP contribution in [0.15, 0.2) is 23.7 Å². The molecule has 0 saturated carbocycles. The monoisotopic (exact) mass is 294 g/mol. The van der Waals surface area contributed by atoms with E-state index in [0.29, 0.717) is 12.6 Å². The van der Waals surface area contributed by atoms with Crippen molar-refractivity contribution in [2.24, 2.45) is 0 Å². The van der Waals surface area contributed by atoms with Gasteiger partial charge in [0.2, 0.25) is 0 Å². The smallest absolute Gasteiger partial charge is 0.358 e. The number of nitrogens with zero attached hydrogens (tertiary/aromatic N) is 4. The summed E-state index contributed by atoms with van der Waals surface area (Å²) in [5.74, 6) is -1.05. The highest BCUT2D eigenvalue weighted by Gasteiger charge is 2.12. The average molecular weight is 294 g/mol. The maximum absolute atomic E-state index is 10.7. The molecule has 2 rings (SSSR count). The van der Waals surface area contributed by atoms with Crippen LogP contribution in [0.25, 0.3) is 0 Å². The van der Waals surface area contributed by atoms with Crippen molar-refractivity contribution in [3.05, 3.63) is 34.3 Å². The van der Waals surface area contributed by atoms with E-state index in [1.165, 1.54) is 11.1 Å². The molecule has 0 fully saturated rings. The minimum absolute atomic E-state index is 0.0145. The van der Waals surface area contributed by atoms with Gasteiger partial charge in [0.1, 0.15) is 0 Å². The van der Waals surface area contributed by atoms with Crippen LogP contribution in [-0.2, 0) is 13.0 Å². The van der Waals surface area contributed by atoms with Gasteiger partial charge < -0.3 is 10.0 Å². The summed E-state index contributed by atoms with van der Waals surface area (Å²) >= 11 is 1.77. The van der Waals surface area contributed by atoms with E-state index in [4.69, 9.17) is 5.11 Å². The Morgan fingerprint density at radius 3 is 3.00 bits per heavy atom. The molecule has 0 aliphatic rings. The molecule has 6 nitrogen and oxygen atoms in total. The van der Waals surface area contributed by atoms with Crippen LogP contribution in [0.2, 0.25) is 0 Å². The summed E-state index contributed by atoms with van der Waals surface area (Å²) < 4.78 is 1.57. The maximum Gasteiger partial charge on any atom is 0.358 e. The van der Waals surface area contributed by atoms with Crippen LogP contribution in [0.3, 0.4) is 0 Å². The average Bonchev–Trinajstić information content (AvgIpc) is 3.06. The minimum Gasteiger partial charge on any atom is -0.476 e. The van der Waals surface area contributed by atoms with E-state index in [1.807, 2.05) is 0 Å². The van der Waals surface area contributed by atoms with Gasteiger partial charge in [0.05, 0.1) is 12.7 Å². The number of rotatable bonds is 7. The summed E-state index contributed by atoms with van der Waals surface area (Å²) in [5.41, 5.74) is -0.0145. The Kier molecular flexibility index (Phi) is 4.86. The van der Waals surface area contributed by atoms with Crippen molar-refractivity contribution >= 4 is 17.3 Å². The normalized spacial score (nSPS) is 12.8. The molecule has 0 aromatic carbocycles. The van der Waals surface area contributed by atoms with Crippen LogP contribution in [0.5, 0.6) is 0 Å². The van der Waals surface area contributed by atoms with Crippen LogP contribution in [0, 0.1) is 0 Å². The molecule has 2 heterocycles. The first kappa shape index (κ1) is 14.7. The molecule has 0 amide bonds. The summed E-state index contributed by atoms with van der Waals surface area (Å²) in [6.07, 6.45) is 2.48. The predicted molar refractivity (Wildman–Crippen MR) is 77.1 cm³/mol. The molecule has 2 aromatic heterocycles. The van der Waals surface area contributed by atoms with E-state index in [2.05, 4.69) is 46.7 Å². The Balaban J connectivity index is 1.81. The van der Waals surface area contributed by atoms with Crippen molar-refractivity contribution < 1.29 is 9.90 Å². The zero-order chi connectivity index (χ0) is 14.5. The van der Waals surface area contributed by atoms with Crippen molar-refractivity contribution in [1.29, 1.82) is 0 Å². The number of aromatic carboxylic acids is 1. The zero-order valence-electron chi connectivity index (χ0n) is 11.6. The fourth-order valence-corrected chi connectivity index (χ4v) is 2.69. The summed E-state index contributed by atoms with van der Waals surface area (Å²) in [6.45, 7) is 3.62. The van der Waals surface area contributed by atoms with E-state index in [1.54, 1.807) is 16.0 Å². The molecule has 1 N–H and O–H groups in total. The Morgan fingerprint density at radius 1 is 1.60 bits per heavy atom. The molecule has 0 aliphatic heterocycles. The van der Waals surface area contributed by atoms with E-state index in [9.17, 15) is 4.79 Å². The van der Waals surface area contributed by atoms with E-state index < -0.39 is 5.97 Å². The standard InChI is InChI=1S/C13H18N4O2S/c1-10(8-11-4-3-7-20-11)16(2)5-6-17-9-12(13(18)19)14-15-17/h3-4,7,9-10H,5-6,8H2,1-2H3,(H,18,19). The lowest BCUT2D eigenvalue weighted by Crippen LogP contribution is -2.33. The molecule has 1 atom stereocenters. The van der Waals surface area contributed by atoms with Gasteiger partial charge in [-0.05, 0) is 31.8 Å². The Labute approximate surface area is 121 Å². The van der Waals surface area contributed by atoms with Crippen molar-refractivity contribution in [2.75, 3.05) is 13.6 Å². The number of carboxylic acid groups (broad SMARTS) is 1. The number of likely N-dealkylation sites (N-methyl/N-ethyl adjacent to an activating group) is 1. The van der Waals surface area contributed by atoms with Gasteiger partial charge in [-0.1, -0.05) is 11.3 Å². The largest absolute Gasteiger partial charge is 0.476 e. The van der Waals surface area contributed by atoms with Gasteiger partial charge in [0, 0.05) is 17.5 Å². The van der Waals surface area contributed by atoms with Crippen LogP contribution in [0.1, 0.15) is 22.3 Å². The van der Waals surface area contributed by atoms with Crippen LogP contribution < -0.4 is 0 Å². The molecule has 108 valence electrons. The van der Waals surface area contributed by atoms with Crippen molar-refractivity contribution in [1.82, 2.24) is 19.9 Å². The predicted octanol–water partition coefficient (Wildman–Crippen LogP) is 1.60. The third-order valence-electron chi connectivity index (χ3n) is 3.27. The van der Waals surface area contributed by atoms with Crippen LogP contribution in [0.4, 0.5) is 0 Å².